The highest BCUT2D eigenvalue weighted by atomic mass is 35.5. The van der Waals surface area contributed by atoms with Gasteiger partial charge < -0.3 is 9.47 Å². The minimum absolute atomic E-state index is 0.240. The lowest BCUT2D eigenvalue weighted by molar-refractivity contribution is 0.334. The van der Waals surface area contributed by atoms with E-state index >= 15 is 0 Å². The summed E-state index contributed by atoms with van der Waals surface area (Å²) in [5.74, 6) is 0.501. The van der Waals surface area contributed by atoms with Crippen LogP contribution in [0.5, 0.6) is 11.8 Å². The molecule has 4 rings (SSSR count). The van der Waals surface area contributed by atoms with Crippen molar-refractivity contribution in [1.82, 2.24) is 25.0 Å². The zero-order chi connectivity index (χ0) is 19.3. The topological polar surface area (TPSA) is 75.0 Å². The van der Waals surface area contributed by atoms with E-state index in [2.05, 4.69) is 20.3 Å². The molecule has 0 spiro atoms. The lowest BCUT2D eigenvalue weighted by atomic mass is 10.1. The summed E-state index contributed by atoms with van der Waals surface area (Å²) in [6.45, 7) is 3.82. The molecule has 27 heavy (non-hydrogen) atoms. The van der Waals surface area contributed by atoms with E-state index in [-0.39, 0.29) is 11.8 Å². The Labute approximate surface area is 164 Å². The van der Waals surface area contributed by atoms with Gasteiger partial charge in [0, 0.05) is 0 Å². The van der Waals surface area contributed by atoms with Crippen molar-refractivity contribution in [3.63, 3.8) is 0 Å². The van der Waals surface area contributed by atoms with Crippen LogP contribution >= 0.6 is 23.2 Å². The Kier molecular flexibility index (Phi) is 4.28. The molecule has 0 fully saturated rings. The fourth-order valence-electron chi connectivity index (χ4n) is 2.97. The second-order valence-corrected chi connectivity index (χ2v) is 6.79. The molecule has 0 aliphatic rings. The third kappa shape index (κ3) is 2.65. The van der Waals surface area contributed by atoms with Gasteiger partial charge in [-0.3, -0.25) is 0 Å². The number of fused-ring (bicyclic) bond motifs is 2. The minimum atomic E-state index is 0.240. The normalized spacial score (nSPS) is 11.3. The molecule has 0 saturated heterocycles. The maximum atomic E-state index is 6.61. The number of hydrogen-bond acceptors (Lipinski definition) is 6. The first kappa shape index (κ1) is 17.8. The third-order valence-electron chi connectivity index (χ3n) is 4.34. The molecule has 2 heterocycles. The van der Waals surface area contributed by atoms with E-state index in [0.717, 1.165) is 16.6 Å². The van der Waals surface area contributed by atoms with E-state index in [1.165, 1.54) is 14.2 Å². The molecule has 0 radical (unpaired) electrons. The number of methoxy groups -OCH3 is 2. The maximum absolute atomic E-state index is 6.61. The molecule has 0 aliphatic heterocycles. The molecular formula is C18H15Cl2N5O2. The smallest absolute Gasteiger partial charge is 0.278 e. The van der Waals surface area contributed by atoms with Crippen molar-refractivity contribution in [3.05, 3.63) is 39.4 Å². The van der Waals surface area contributed by atoms with Gasteiger partial charge >= 0.3 is 0 Å². The van der Waals surface area contributed by atoms with Crippen LogP contribution in [0.2, 0.25) is 10.0 Å². The minimum Gasteiger partial charge on any atom is -0.477 e. The predicted molar refractivity (Wildman–Crippen MR) is 105 cm³/mol. The van der Waals surface area contributed by atoms with Crippen molar-refractivity contribution >= 4 is 45.3 Å². The van der Waals surface area contributed by atoms with Gasteiger partial charge in [-0.1, -0.05) is 34.5 Å². The number of benzene rings is 2. The van der Waals surface area contributed by atoms with E-state index in [4.69, 9.17) is 32.7 Å². The molecule has 0 aliphatic carbocycles. The first-order valence-electron chi connectivity index (χ1n) is 8.06. The molecule has 4 aromatic rings. The summed E-state index contributed by atoms with van der Waals surface area (Å²) in [5.41, 5.74) is 4.82. The van der Waals surface area contributed by atoms with E-state index in [9.17, 15) is 0 Å². The van der Waals surface area contributed by atoms with Gasteiger partial charge in [0.2, 0.25) is 0 Å². The molecular weight excluding hydrogens is 389 g/mol. The van der Waals surface area contributed by atoms with E-state index < -0.39 is 0 Å². The van der Waals surface area contributed by atoms with E-state index in [0.29, 0.717) is 32.3 Å². The van der Waals surface area contributed by atoms with Crippen molar-refractivity contribution in [2.45, 2.75) is 13.8 Å². The molecule has 0 bridgehead atoms. The first-order chi connectivity index (χ1) is 13.0. The average Bonchev–Trinajstić information content (AvgIpc) is 3.08. The lowest BCUT2D eigenvalue weighted by Gasteiger charge is -2.15. The summed E-state index contributed by atoms with van der Waals surface area (Å²) in [7, 11) is 3.00. The second-order valence-electron chi connectivity index (χ2n) is 6.03. The fourth-order valence-corrected chi connectivity index (χ4v) is 3.46. The van der Waals surface area contributed by atoms with Crippen molar-refractivity contribution in [2.75, 3.05) is 14.2 Å². The third-order valence-corrected chi connectivity index (χ3v) is 5.28. The van der Waals surface area contributed by atoms with Crippen LogP contribution in [0.4, 0.5) is 0 Å². The second kappa shape index (κ2) is 6.51. The van der Waals surface area contributed by atoms with Crippen molar-refractivity contribution < 1.29 is 9.47 Å². The van der Waals surface area contributed by atoms with Crippen LogP contribution in [0, 0.1) is 13.8 Å². The number of aryl methyl sites for hydroxylation is 2. The standard InChI is InChI=1S/C18H15Cl2N5O2/c1-8-5-6-11-10(7-8)23-24-25(11)16-13(20)12(19)9(2)14-15(16)22-18(27-4)17(21-14)26-3/h5-7H,1-4H3. The van der Waals surface area contributed by atoms with E-state index in [1.54, 1.807) is 4.68 Å². The number of nitrogens with zero attached hydrogens (tertiary/aromatic N) is 5. The highest BCUT2D eigenvalue weighted by Crippen LogP contribution is 2.40. The predicted octanol–water partition coefficient (Wildman–Crippen LogP) is 4.30. The number of rotatable bonds is 3. The summed E-state index contributed by atoms with van der Waals surface area (Å²) in [5, 5.41) is 9.20. The molecule has 2 aromatic heterocycles. The lowest BCUT2D eigenvalue weighted by Crippen LogP contribution is -2.05. The van der Waals surface area contributed by atoms with Crippen LogP contribution in [0.3, 0.4) is 0 Å². The molecule has 0 N–H and O–H groups in total. The summed E-state index contributed by atoms with van der Waals surface area (Å²) in [6.07, 6.45) is 0. The molecule has 0 amide bonds. The summed E-state index contributed by atoms with van der Waals surface area (Å²) in [4.78, 5) is 9.08. The highest BCUT2D eigenvalue weighted by molar-refractivity contribution is 6.45. The van der Waals surface area contributed by atoms with Crippen molar-refractivity contribution in [3.8, 4) is 17.4 Å². The quantitative estimate of drug-likeness (QED) is 0.507. The SMILES string of the molecule is COc1nc2c(C)c(Cl)c(Cl)c(-n3nnc4cc(C)ccc43)c2nc1OC. The van der Waals surface area contributed by atoms with Gasteiger partial charge in [0.15, 0.2) is 0 Å². The molecule has 7 nitrogen and oxygen atoms in total. The van der Waals surface area contributed by atoms with Gasteiger partial charge in [0.25, 0.3) is 11.8 Å². The fraction of sp³-hybridized carbons (Fsp3) is 0.222. The zero-order valence-corrected chi connectivity index (χ0v) is 16.6. The zero-order valence-electron chi connectivity index (χ0n) is 15.0. The number of ether oxygens (including phenoxy) is 2. The Hall–Kier alpha value is -2.64. The van der Waals surface area contributed by atoms with Gasteiger partial charge in [0.1, 0.15) is 16.7 Å². The van der Waals surface area contributed by atoms with Crippen LogP contribution in [0.15, 0.2) is 18.2 Å². The van der Waals surface area contributed by atoms with Gasteiger partial charge in [-0.25, -0.2) is 14.6 Å². The monoisotopic (exact) mass is 403 g/mol. The largest absolute Gasteiger partial charge is 0.477 e. The molecule has 2 aromatic carbocycles. The first-order valence-corrected chi connectivity index (χ1v) is 8.81. The summed E-state index contributed by atoms with van der Waals surface area (Å²) >= 11 is 13.1. The Morgan fingerprint density at radius 3 is 2.26 bits per heavy atom. The van der Waals surface area contributed by atoms with Crippen LogP contribution in [0.1, 0.15) is 11.1 Å². The molecule has 9 heteroatoms. The van der Waals surface area contributed by atoms with Crippen LogP contribution in [0.25, 0.3) is 27.8 Å². The van der Waals surface area contributed by atoms with Crippen LogP contribution < -0.4 is 9.47 Å². The number of halogens is 2. The van der Waals surface area contributed by atoms with Gasteiger partial charge in [0.05, 0.1) is 35.3 Å². The molecule has 138 valence electrons. The summed E-state index contributed by atoms with van der Waals surface area (Å²) < 4.78 is 12.2. The number of aromatic nitrogens is 5. The van der Waals surface area contributed by atoms with Gasteiger partial charge in [-0.05, 0) is 37.1 Å². The highest BCUT2D eigenvalue weighted by Gasteiger charge is 2.23. The van der Waals surface area contributed by atoms with Crippen LogP contribution in [-0.2, 0) is 0 Å². The molecule has 0 saturated carbocycles. The Morgan fingerprint density at radius 1 is 0.926 bits per heavy atom. The Balaban J connectivity index is 2.16. The average molecular weight is 404 g/mol. The summed E-state index contributed by atoms with van der Waals surface area (Å²) in [6, 6.07) is 5.85. The van der Waals surface area contributed by atoms with Gasteiger partial charge in [-0.2, -0.15) is 0 Å². The number of hydrogen-bond donors (Lipinski definition) is 0. The van der Waals surface area contributed by atoms with Crippen molar-refractivity contribution in [2.24, 2.45) is 0 Å². The van der Waals surface area contributed by atoms with Crippen molar-refractivity contribution in [1.29, 1.82) is 0 Å². The Morgan fingerprint density at radius 2 is 1.59 bits per heavy atom. The van der Waals surface area contributed by atoms with Crippen LogP contribution in [-0.4, -0.2) is 39.2 Å². The Bertz CT molecular complexity index is 1210. The molecule has 0 unspecified atom stereocenters. The molecule has 0 atom stereocenters. The van der Waals surface area contributed by atoms with Gasteiger partial charge in [-0.15, -0.1) is 5.10 Å². The van der Waals surface area contributed by atoms with E-state index in [1.807, 2.05) is 32.0 Å². The maximum Gasteiger partial charge on any atom is 0.278 e.